The molecule has 2 aliphatic heterocycles. The number of methoxy groups -OCH3 is 1. The second-order valence-corrected chi connectivity index (χ2v) is 4.41. The van der Waals surface area contributed by atoms with Crippen molar-refractivity contribution < 1.29 is 9.47 Å². The van der Waals surface area contributed by atoms with Crippen molar-refractivity contribution in [2.24, 2.45) is 0 Å². The van der Waals surface area contributed by atoms with Crippen LogP contribution in [0.2, 0.25) is 0 Å². The maximum absolute atomic E-state index is 5.49. The van der Waals surface area contributed by atoms with Gasteiger partial charge < -0.3 is 14.4 Å². The van der Waals surface area contributed by atoms with Crippen molar-refractivity contribution in [2.45, 2.75) is 31.5 Å². The summed E-state index contributed by atoms with van der Waals surface area (Å²) in [7, 11) is 1.82. The van der Waals surface area contributed by atoms with Crippen LogP contribution in [0, 0.1) is 0 Å². The van der Waals surface area contributed by atoms with Gasteiger partial charge in [-0.1, -0.05) is 0 Å². The largest absolute Gasteiger partial charge is 0.378 e. The molecule has 2 aliphatic rings. The van der Waals surface area contributed by atoms with Gasteiger partial charge in [0, 0.05) is 26.7 Å². The summed E-state index contributed by atoms with van der Waals surface area (Å²) in [6, 6.07) is 0. The van der Waals surface area contributed by atoms with Crippen molar-refractivity contribution in [1.29, 1.82) is 0 Å². The van der Waals surface area contributed by atoms with Crippen LogP contribution in [0.1, 0.15) is 19.8 Å². The zero-order chi connectivity index (χ0) is 9.31. The molecule has 0 aliphatic carbocycles. The van der Waals surface area contributed by atoms with Gasteiger partial charge in [0.15, 0.2) is 0 Å². The summed E-state index contributed by atoms with van der Waals surface area (Å²) in [5, 5.41) is 0. The van der Waals surface area contributed by atoms with E-state index in [9.17, 15) is 0 Å². The summed E-state index contributed by atoms with van der Waals surface area (Å²) in [5.74, 6) is 0. The third kappa shape index (κ3) is 2.42. The summed E-state index contributed by atoms with van der Waals surface area (Å²) in [5.41, 5.74) is 0.126. The molecule has 1 atom stereocenters. The first-order valence-electron chi connectivity index (χ1n) is 5.11. The van der Waals surface area contributed by atoms with Gasteiger partial charge in [-0.3, -0.25) is 0 Å². The van der Waals surface area contributed by atoms with Crippen molar-refractivity contribution in [3.8, 4) is 0 Å². The SMILES string of the molecule is COC1(C)CCN(CC2CO2)CC1. The molecule has 2 saturated heterocycles. The predicted octanol–water partition coefficient (Wildman–Crippen LogP) is 0.886. The van der Waals surface area contributed by atoms with Gasteiger partial charge in [-0.25, -0.2) is 0 Å². The Bertz CT molecular complexity index is 172. The molecule has 0 aromatic carbocycles. The smallest absolute Gasteiger partial charge is 0.0936 e. The van der Waals surface area contributed by atoms with Gasteiger partial charge in [-0.2, -0.15) is 0 Å². The van der Waals surface area contributed by atoms with E-state index in [2.05, 4.69) is 11.8 Å². The number of nitrogens with zero attached hydrogens (tertiary/aromatic N) is 1. The topological polar surface area (TPSA) is 25.0 Å². The highest BCUT2D eigenvalue weighted by Crippen LogP contribution is 2.25. The highest BCUT2D eigenvalue weighted by atomic mass is 16.6. The number of piperidine rings is 1. The first kappa shape index (κ1) is 9.44. The van der Waals surface area contributed by atoms with Crippen LogP contribution in [-0.2, 0) is 9.47 Å². The van der Waals surface area contributed by atoms with Crippen LogP contribution >= 0.6 is 0 Å². The van der Waals surface area contributed by atoms with E-state index in [-0.39, 0.29) is 5.60 Å². The Kier molecular flexibility index (Phi) is 2.58. The molecule has 1 unspecified atom stereocenters. The third-order valence-electron chi connectivity index (χ3n) is 3.27. The number of hydrogen-bond acceptors (Lipinski definition) is 3. The molecule has 0 aromatic rings. The zero-order valence-electron chi connectivity index (χ0n) is 8.58. The van der Waals surface area contributed by atoms with E-state index in [0.717, 1.165) is 39.1 Å². The predicted molar refractivity (Wildman–Crippen MR) is 50.8 cm³/mol. The van der Waals surface area contributed by atoms with Crippen LogP contribution in [0.3, 0.4) is 0 Å². The van der Waals surface area contributed by atoms with Crippen LogP contribution in [0.25, 0.3) is 0 Å². The number of ether oxygens (including phenoxy) is 2. The molecule has 3 nitrogen and oxygen atoms in total. The zero-order valence-corrected chi connectivity index (χ0v) is 8.58. The van der Waals surface area contributed by atoms with E-state index in [1.807, 2.05) is 7.11 Å². The molecule has 0 spiro atoms. The molecule has 0 bridgehead atoms. The number of rotatable bonds is 3. The van der Waals surface area contributed by atoms with Crippen LogP contribution in [0.5, 0.6) is 0 Å². The monoisotopic (exact) mass is 185 g/mol. The Morgan fingerprint density at radius 2 is 2.08 bits per heavy atom. The minimum absolute atomic E-state index is 0.126. The minimum Gasteiger partial charge on any atom is -0.378 e. The summed E-state index contributed by atoms with van der Waals surface area (Å²) in [6.45, 7) is 6.62. The fraction of sp³-hybridized carbons (Fsp3) is 1.00. The van der Waals surface area contributed by atoms with Crippen LogP contribution in [0.4, 0.5) is 0 Å². The fourth-order valence-electron chi connectivity index (χ4n) is 1.87. The number of epoxide rings is 1. The number of hydrogen-bond donors (Lipinski definition) is 0. The second kappa shape index (κ2) is 3.56. The van der Waals surface area contributed by atoms with Crippen LogP contribution in [-0.4, -0.2) is 50.0 Å². The van der Waals surface area contributed by atoms with Gasteiger partial charge in [0.05, 0.1) is 18.3 Å². The molecular weight excluding hydrogens is 166 g/mol. The Labute approximate surface area is 80.0 Å². The van der Waals surface area contributed by atoms with Gasteiger partial charge in [-0.15, -0.1) is 0 Å². The standard InChI is InChI=1S/C10H19NO2/c1-10(12-2)3-5-11(6-4-10)7-9-8-13-9/h9H,3-8H2,1-2H3. The molecule has 2 fully saturated rings. The Hall–Kier alpha value is -0.120. The lowest BCUT2D eigenvalue weighted by Crippen LogP contribution is -2.44. The van der Waals surface area contributed by atoms with Gasteiger partial charge in [-0.05, 0) is 19.8 Å². The first-order chi connectivity index (χ1) is 6.22. The maximum atomic E-state index is 5.49. The van der Waals surface area contributed by atoms with Crippen molar-refractivity contribution >= 4 is 0 Å². The molecule has 3 heteroatoms. The molecule has 0 amide bonds. The lowest BCUT2D eigenvalue weighted by atomic mass is 9.93. The molecule has 0 saturated carbocycles. The van der Waals surface area contributed by atoms with Crippen molar-refractivity contribution in [2.75, 3.05) is 33.4 Å². The highest BCUT2D eigenvalue weighted by molar-refractivity contribution is 4.85. The first-order valence-corrected chi connectivity index (χ1v) is 5.11. The van der Waals surface area contributed by atoms with E-state index < -0.39 is 0 Å². The van der Waals surface area contributed by atoms with Crippen LogP contribution < -0.4 is 0 Å². The Morgan fingerprint density at radius 1 is 1.46 bits per heavy atom. The molecule has 76 valence electrons. The lowest BCUT2D eigenvalue weighted by molar-refractivity contribution is -0.0433. The molecule has 2 rings (SSSR count). The van der Waals surface area contributed by atoms with Crippen molar-refractivity contribution in [1.82, 2.24) is 4.90 Å². The third-order valence-corrected chi connectivity index (χ3v) is 3.27. The van der Waals surface area contributed by atoms with Gasteiger partial charge in [0.2, 0.25) is 0 Å². The molecule has 0 aromatic heterocycles. The minimum atomic E-state index is 0.126. The summed E-state index contributed by atoms with van der Waals surface area (Å²) in [4.78, 5) is 2.48. The van der Waals surface area contributed by atoms with E-state index in [0.29, 0.717) is 6.10 Å². The van der Waals surface area contributed by atoms with E-state index >= 15 is 0 Å². The Balaban J connectivity index is 1.74. The van der Waals surface area contributed by atoms with Crippen molar-refractivity contribution in [3.05, 3.63) is 0 Å². The van der Waals surface area contributed by atoms with Gasteiger partial charge >= 0.3 is 0 Å². The van der Waals surface area contributed by atoms with Crippen LogP contribution in [0.15, 0.2) is 0 Å². The lowest BCUT2D eigenvalue weighted by Gasteiger charge is -2.38. The molecular formula is C10H19NO2. The van der Waals surface area contributed by atoms with E-state index in [4.69, 9.17) is 9.47 Å². The number of likely N-dealkylation sites (tertiary alicyclic amines) is 1. The highest BCUT2D eigenvalue weighted by Gasteiger charge is 2.32. The average molecular weight is 185 g/mol. The maximum Gasteiger partial charge on any atom is 0.0936 e. The molecule has 0 radical (unpaired) electrons. The summed E-state index contributed by atoms with van der Waals surface area (Å²) in [6.07, 6.45) is 2.83. The van der Waals surface area contributed by atoms with E-state index in [1.54, 1.807) is 0 Å². The second-order valence-electron chi connectivity index (χ2n) is 4.41. The molecule has 13 heavy (non-hydrogen) atoms. The summed E-state index contributed by atoms with van der Waals surface area (Å²) >= 11 is 0. The van der Waals surface area contributed by atoms with Crippen molar-refractivity contribution in [3.63, 3.8) is 0 Å². The van der Waals surface area contributed by atoms with E-state index in [1.165, 1.54) is 0 Å². The Morgan fingerprint density at radius 3 is 2.54 bits per heavy atom. The van der Waals surface area contributed by atoms with Gasteiger partial charge in [0.1, 0.15) is 0 Å². The van der Waals surface area contributed by atoms with Gasteiger partial charge in [0.25, 0.3) is 0 Å². The molecule has 2 heterocycles. The summed E-state index contributed by atoms with van der Waals surface area (Å²) < 4.78 is 10.7. The molecule has 0 N–H and O–H groups in total. The normalized spacial score (nSPS) is 33.2. The fourth-order valence-corrected chi connectivity index (χ4v) is 1.87. The average Bonchev–Trinajstić information content (AvgIpc) is 2.93. The quantitative estimate of drug-likeness (QED) is 0.610.